The Morgan fingerprint density at radius 3 is 2.70 bits per heavy atom. The predicted octanol–water partition coefficient (Wildman–Crippen LogP) is 3.62. The van der Waals surface area contributed by atoms with Crippen LogP contribution in [0, 0.1) is 11.8 Å². The largest absolute Gasteiger partial charge is 0.325 e. The van der Waals surface area contributed by atoms with Crippen LogP contribution in [0.25, 0.3) is 0 Å². The van der Waals surface area contributed by atoms with Gasteiger partial charge in [0.05, 0.1) is 6.04 Å². The van der Waals surface area contributed by atoms with Gasteiger partial charge in [-0.25, -0.2) is 0 Å². The van der Waals surface area contributed by atoms with Crippen molar-refractivity contribution in [3.63, 3.8) is 0 Å². The molecule has 0 heterocycles. The number of hydrogen-bond acceptors (Lipinski definition) is 1. The molecule has 0 aromatic heterocycles. The molecule has 0 saturated carbocycles. The molecule has 0 bridgehead atoms. The molecule has 2 nitrogen and oxygen atoms in total. The molecule has 0 aliphatic carbocycles. The Kier molecular flexibility index (Phi) is 7.75. The van der Waals surface area contributed by atoms with Crippen molar-refractivity contribution >= 4 is 21.8 Å². The maximum Gasteiger partial charge on any atom is 0.220 e. The Balaban J connectivity index is 2.90. The average Bonchev–Trinajstić information content (AvgIpc) is 2.46. The Morgan fingerprint density at radius 2 is 2.15 bits per heavy atom. The van der Waals surface area contributed by atoms with E-state index in [0.29, 0.717) is 6.54 Å². The third-order valence-corrected chi connectivity index (χ3v) is 3.44. The van der Waals surface area contributed by atoms with Crippen LogP contribution in [0.3, 0.4) is 0 Å². The number of nitrogens with zero attached hydrogens (tertiary/aromatic N) is 1. The average molecular weight is 334 g/mol. The topological polar surface area (TPSA) is 20.3 Å². The first-order chi connectivity index (χ1) is 9.69. The lowest BCUT2D eigenvalue weighted by Crippen LogP contribution is -2.38. The minimum Gasteiger partial charge on any atom is -0.325 e. The molecule has 0 saturated heterocycles. The van der Waals surface area contributed by atoms with Gasteiger partial charge in [-0.3, -0.25) is 4.79 Å². The highest BCUT2D eigenvalue weighted by Crippen LogP contribution is 2.09. The first-order valence-electron chi connectivity index (χ1n) is 6.69. The van der Waals surface area contributed by atoms with Crippen molar-refractivity contribution in [2.75, 3.05) is 11.9 Å². The maximum absolute atomic E-state index is 11.7. The van der Waals surface area contributed by atoms with Crippen LogP contribution in [0.15, 0.2) is 43.0 Å². The zero-order valence-electron chi connectivity index (χ0n) is 11.8. The zero-order valence-corrected chi connectivity index (χ0v) is 13.4. The van der Waals surface area contributed by atoms with E-state index in [1.807, 2.05) is 30.3 Å². The standard InChI is InChI=1S/C17H20BrNO/c1-3-14-19(15(2)20)17(10-7-13-18)12-11-16-8-5-4-6-9-16/h3-6,8-9,17H,1,7,10,13-14H2,2H3. The van der Waals surface area contributed by atoms with Crippen LogP contribution in [0.2, 0.25) is 0 Å². The van der Waals surface area contributed by atoms with E-state index in [2.05, 4.69) is 34.3 Å². The minimum absolute atomic E-state index is 0.0341. The van der Waals surface area contributed by atoms with E-state index in [9.17, 15) is 4.79 Å². The Bertz CT molecular complexity index is 487. The SMILES string of the molecule is C=CCN(C(C)=O)C(C#Cc1ccccc1)CCCBr. The smallest absolute Gasteiger partial charge is 0.220 e. The molecule has 1 amide bonds. The lowest BCUT2D eigenvalue weighted by Gasteiger charge is -2.26. The van der Waals surface area contributed by atoms with E-state index < -0.39 is 0 Å². The number of carbonyl (C=O) groups is 1. The molecular weight excluding hydrogens is 314 g/mol. The summed E-state index contributed by atoms with van der Waals surface area (Å²) in [5.41, 5.74) is 0.971. The predicted molar refractivity (Wildman–Crippen MR) is 87.7 cm³/mol. The van der Waals surface area contributed by atoms with Crippen molar-refractivity contribution in [1.29, 1.82) is 0 Å². The molecular formula is C17H20BrNO. The van der Waals surface area contributed by atoms with Crippen LogP contribution in [-0.2, 0) is 4.79 Å². The minimum atomic E-state index is -0.0664. The monoisotopic (exact) mass is 333 g/mol. The number of benzene rings is 1. The summed E-state index contributed by atoms with van der Waals surface area (Å²) in [5, 5.41) is 0.913. The molecule has 0 spiro atoms. The fourth-order valence-electron chi connectivity index (χ4n) is 1.88. The number of rotatable bonds is 6. The summed E-state index contributed by atoms with van der Waals surface area (Å²) < 4.78 is 0. The molecule has 0 aliphatic heterocycles. The Morgan fingerprint density at radius 1 is 1.45 bits per heavy atom. The number of halogens is 1. The second-order valence-corrected chi connectivity index (χ2v) is 5.24. The molecule has 1 unspecified atom stereocenters. The van der Waals surface area contributed by atoms with Crippen LogP contribution < -0.4 is 0 Å². The lowest BCUT2D eigenvalue weighted by atomic mass is 10.1. The van der Waals surface area contributed by atoms with Gasteiger partial charge in [-0.2, -0.15) is 0 Å². The number of alkyl halides is 1. The van der Waals surface area contributed by atoms with Crippen molar-refractivity contribution in [2.45, 2.75) is 25.8 Å². The number of carbonyl (C=O) groups excluding carboxylic acids is 1. The van der Waals surface area contributed by atoms with Crippen LogP contribution >= 0.6 is 15.9 Å². The summed E-state index contributed by atoms with van der Waals surface area (Å²) in [6.45, 7) is 5.82. The lowest BCUT2D eigenvalue weighted by molar-refractivity contribution is -0.129. The molecule has 3 heteroatoms. The summed E-state index contributed by atoms with van der Waals surface area (Å²) in [6.07, 6.45) is 3.58. The molecule has 0 N–H and O–H groups in total. The van der Waals surface area contributed by atoms with Gasteiger partial charge in [-0.05, 0) is 25.0 Å². The summed E-state index contributed by atoms with van der Waals surface area (Å²) in [4.78, 5) is 13.5. The fourth-order valence-corrected chi connectivity index (χ4v) is 2.20. The molecule has 20 heavy (non-hydrogen) atoms. The quantitative estimate of drug-likeness (QED) is 0.442. The summed E-state index contributed by atoms with van der Waals surface area (Å²) in [6, 6.07) is 9.77. The van der Waals surface area contributed by atoms with Gasteiger partial charge >= 0.3 is 0 Å². The maximum atomic E-state index is 11.7. The molecule has 106 valence electrons. The van der Waals surface area contributed by atoms with Gasteiger partial charge in [0.25, 0.3) is 0 Å². The van der Waals surface area contributed by atoms with Crippen LogP contribution in [0.5, 0.6) is 0 Å². The van der Waals surface area contributed by atoms with Gasteiger partial charge in [0, 0.05) is 24.4 Å². The summed E-state index contributed by atoms with van der Waals surface area (Å²) in [7, 11) is 0. The van der Waals surface area contributed by atoms with Crippen molar-refractivity contribution in [3.8, 4) is 11.8 Å². The van der Waals surface area contributed by atoms with Gasteiger partial charge in [0.1, 0.15) is 0 Å². The van der Waals surface area contributed by atoms with Gasteiger partial charge in [-0.1, -0.05) is 52.0 Å². The first-order valence-corrected chi connectivity index (χ1v) is 7.81. The second kappa shape index (κ2) is 9.39. The van der Waals surface area contributed by atoms with Crippen molar-refractivity contribution in [2.24, 2.45) is 0 Å². The van der Waals surface area contributed by atoms with E-state index >= 15 is 0 Å². The van der Waals surface area contributed by atoms with E-state index in [1.54, 1.807) is 17.9 Å². The second-order valence-electron chi connectivity index (χ2n) is 4.44. The fraction of sp³-hybridized carbons (Fsp3) is 0.353. The first kappa shape index (κ1) is 16.5. The van der Waals surface area contributed by atoms with E-state index in [1.165, 1.54) is 0 Å². The van der Waals surface area contributed by atoms with Crippen LogP contribution in [0.1, 0.15) is 25.3 Å². The molecule has 1 rings (SSSR count). The van der Waals surface area contributed by atoms with Gasteiger partial charge in [-0.15, -0.1) is 6.58 Å². The van der Waals surface area contributed by atoms with Crippen molar-refractivity contribution in [1.82, 2.24) is 4.90 Å². The molecule has 0 fully saturated rings. The van der Waals surface area contributed by atoms with Gasteiger partial charge in [0.2, 0.25) is 5.91 Å². The highest BCUT2D eigenvalue weighted by atomic mass is 79.9. The third-order valence-electron chi connectivity index (χ3n) is 2.87. The van der Waals surface area contributed by atoms with Crippen molar-refractivity contribution in [3.05, 3.63) is 48.6 Å². The van der Waals surface area contributed by atoms with Gasteiger partial charge < -0.3 is 4.90 Å². The third kappa shape index (κ3) is 5.63. The highest BCUT2D eigenvalue weighted by molar-refractivity contribution is 9.09. The molecule has 0 aliphatic rings. The zero-order chi connectivity index (χ0) is 14.8. The van der Waals surface area contributed by atoms with E-state index in [0.717, 1.165) is 23.7 Å². The Hall–Kier alpha value is -1.53. The molecule has 1 aromatic rings. The van der Waals surface area contributed by atoms with E-state index in [4.69, 9.17) is 0 Å². The Labute approximate surface area is 130 Å². The normalized spacial score (nSPS) is 11.1. The van der Waals surface area contributed by atoms with Crippen LogP contribution in [0.4, 0.5) is 0 Å². The molecule has 1 atom stereocenters. The van der Waals surface area contributed by atoms with Crippen molar-refractivity contribution < 1.29 is 4.79 Å². The highest BCUT2D eigenvalue weighted by Gasteiger charge is 2.17. The van der Waals surface area contributed by atoms with E-state index in [-0.39, 0.29) is 11.9 Å². The number of hydrogen-bond donors (Lipinski definition) is 0. The molecule has 0 radical (unpaired) electrons. The van der Waals surface area contributed by atoms with Gasteiger partial charge in [0.15, 0.2) is 0 Å². The molecule has 1 aromatic carbocycles. The number of amides is 1. The summed E-state index contributed by atoms with van der Waals surface area (Å²) in [5.74, 6) is 6.41. The summed E-state index contributed by atoms with van der Waals surface area (Å²) >= 11 is 3.43. The van der Waals surface area contributed by atoms with Crippen LogP contribution in [-0.4, -0.2) is 28.7 Å².